The van der Waals surface area contributed by atoms with Gasteiger partial charge in [0, 0.05) is 30.4 Å². The predicted octanol–water partition coefficient (Wildman–Crippen LogP) is 3.57. The first kappa shape index (κ1) is 19.9. The number of hydrogen-bond donors (Lipinski definition) is 0. The minimum absolute atomic E-state index is 0.0811. The zero-order valence-corrected chi connectivity index (χ0v) is 15.7. The van der Waals surface area contributed by atoms with Crippen molar-refractivity contribution in [1.82, 2.24) is 9.71 Å². The van der Waals surface area contributed by atoms with Gasteiger partial charge in [-0.15, -0.1) is 0 Å². The van der Waals surface area contributed by atoms with E-state index in [-0.39, 0.29) is 16.5 Å². The lowest BCUT2D eigenvalue weighted by molar-refractivity contribution is -0.127. The largest absolute Gasteiger partial charge is 0.393 e. The van der Waals surface area contributed by atoms with Crippen molar-refractivity contribution in [3.8, 4) is 0 Å². The molecule has 146 valence electrons. The lowest BCUT2D eigenvalue weighted by Gasteiger charge is -2.55. The molecule has 0 N–H and O–H groups in total. The minimum atomic E-state index is -4.47. The van der Waals surface area contributed by atoms with E-state index in [0.29, 0.717) is 11.4 Å². The SMILES string of the molecule is BN1CCC2(CC1)CN(C(=C)c1c(/N=C\C)ccc(CC(F)(F)F)c1F)C2. The summed E-state index contributed by atoms with van der Waals surface area (Å²) in [6, 6.07) is 2.60. The predicted molar refractivity (Wildman–Crippen MR) is 102 cm³/mol. The van der Waals surface area contributed by atoms with Gasteiger partial charge in [0.2, 0.25) is 0 Å². The van der Waals surface area contributed by atoms with Gasteiger partial charge >= 0.3 is 6.18 Å². The van der Waals surface area contributed by atoms with Crippen LogP contribution >= 0.6 is 0 Å². The first-order valence-corrected chi connectivity index (χ1v) is 9.14. The molecular formula is C19H24BF4N3. The van der Waals surface area contributed by atoms with Gasteiger partial charge in [-0.3, -0.25) is 4.99 Å². The summed E-state index contributed by atoms with van der Waals surface area (Å²) in [5, 5.41) is 0. The average Bonchev–Trinajstić information content (AvgIpc) is 2.55. The van der Waals surface area contributed by atoms with Crippen molar-refractivity contribution in [2.75, 3.05) is 26.2 Å². The molecule has 0 radical (unpaired) electrons. The van der Waals surface area contributed by atoms with Crippen LogP contribution in [0, 0.1) is 11.2 Å². The van der Waals surface area contributed by atoms with Crippen LogP contribution in [0.3, 0.4) is 0 Å². The Kier molecular flexibility index (Phi) is 5.39. The van der Waals surface area contributed by atoms with Crippen LogP contribution in [0.2, 0.25) is 0 Å². The monoisotopic (exact) mass is 381 g/mol. The molecule has 0 aliphatic carbocycles. The average molecular weight is 381 g/mol. The second-order valence-corrected chi connectivity index (χ2v) is 7.72. The van der Waals surface area contributed by atoms with Crippen LogP contribution in [-0.2, 0) is 6.42 Å². The fourth-order valence-corrected chi connectivity index (χ4v) is 4.00. The number of alkyl halides is 3. The van der Waals surface area contributed by atoms with E-state index >= 15 is 0 Å². The van der Waals surface area contributed by atoms with E-state index in [4.69, 9.17) is 0 Å². The lowest BCUT2D eigenvalue weighted by Crippen LogP contribution is -2.59. The van der Waals surface area contributed by atoms with Gasteiger partial charge in [0.25, 0.3) is 0 Å². The number of rotatable bonds is 4. The van der Waals surface area contributed by atoms with Crippen LogP contribution < -0.4 is 0 Å². The first-order valence-electron chi connectivity index (χ1n) is 9.14. The third-order valence-corrected chi connectivity index (χ3v) is 5.63. The molecule has 3 rings (SSSR count). The van der Waals surface area contributed by atoms with Crippen LogP contribution in [-0.4, -0.2) is 56.3 Å². The van der Waals surface area contributed by atoms with E-state index in [0.717, 1.165) is 45.1 Å². The number of nitrogens with zero attached hydrogens (tertiary/aromatic N) is 3. The van der Waals surface area contributed by atoms with E-state index in [9.17, 15) is 17.6 Å². The third kappa shape index (κ3) is 4.20. The van der Waals surface area contributed by atoms with Crippen molar-refractivity contribution in [2.24, 2.45) is 10.4 Å². The van der Waals surface area contributed by atoms with E-state index < -0.39 is 18.4 Å². The van der Waals surface area contributed by atoms with Crippen LogP contribution in [0.25, 0.3) is 5.70 Å². The molecule has 1 aromatic rings. The van der Waals surface area contributed by atoms with E-state index in [1.807, 2.05) is 4.90 Å². The number of hydrogen-bond acceptors (Lipinski definition) is 3. The van der Waals surface area contributed by atoms with Crippen molar-refractivity contribution in [3.05, 3.63) is 35.7 Å². The summed E-state index contributed by atoms with van der Waals surface area (Å²) < 4.78 is 53.3. The molecule has 0 aromatic heterocycles. The van der Waals surface area contributed by atoms with Gasteiger partial charge in [-0.05, 0) is 44.5 Å². The smallest absolute Gasteiger partial charge is 0.370 e. The molecule has 2 aliphatic heterocycles. The Morgan fingerprint density at radius 2 is 1.93 bits per heavy atom. The Morgan fingerprint density at radius 1 is 1.30 bits per heavy atom. The second kappa shape index (κ2) is 7.30. The van der Waals surface area contributed by atoms with Crippen molar-refractivity contribution in [2.45, 2.75) is 32.4 Å². The maximum Gasteiger partial charge on any atom is 0.393 e. The summed E-state index contributed by atoms with van der Waals surface area (Å²) in [6.45, 7) is 9.27. The first-order chi connectivity index (χ1) is 12.6. The highest BCUT2D eigenvalue weighted by Crippen LogP contribution is 2.45. The molecule has 2 aliphatic rings. The molecule has 8 heteroatoms. The zero-order valence-electron chi connectivity index (χ0n) is 15.7. The summed E-state index contributed by atoms with van der Waals surface area (Å²) in [7, 11) is 2.10. The summed E-state index contributed by atoms with van der Waals surface area (Å²) in [5.74, 6) is -0.871. The highest BCUT2D eigenvalue weighted by atomic mass is 19.4. The van der Waals surface area contributed by atoms with Crippen molar-refractivity contribution in [1.29, 1.82) is 0 Å². The minimum Gasteiger partial charge on any atom is -0.370 e. The summed E-state index contributed by atoms with van der Waals surface area (Å²) in [4.78, 5) is 8.40. The van der Waals surface area contributed by atoms with Crippen molar-refractivity contribution in [3.63, 3.8) is 0 Å². The van der Waals surface area contributed by atoms with Gasteiger partial charge in [0.1, 0.15) is 5.82 Å². The van der Waals surface area contributed by atoms with E-state index in [1.54, 1.807) is 6.92 Å². The number of aliphatic imine (C=N–C) groups is 1. The Balaban J connectivity index is 1.84. The second-order valence-electron chi connectivity index (χ2n) is 7.72. The fraction of sp³-hybridized carbons (Fsp3) is 0.526. The molecule has 27 heavy (non-hydrogen) atoms. The van der Waals surface area contributed by atoms with Crippen LogP contribution in [0.15, 0.2) is 23.7 Å². The molecule has 0 saturated carbocycles. The highest BCUT2D eigenvalue weighted by molar-refractivity contribution is 6.04. The van der Waals surface area contributed by atoms with Crippen molar-refractivity contribution >= 4 is 25.6 Å². The Hall–Kier alpha value is -1.83. The standard InChI is InChI=1S/C19H24BF4N3/c1-3-25-15-5-4-14(10-19(22,23)24)17(21)16(15)13(2)26-11-18(12-26)6-8-27(20)9-7-18/h3-5H,2,6-12,20H2,1H3/b25-3-. The molecule has 0 atom stereocenters. The molecule has 1 spiro atoms. The topological polar surface area (TPSA) is 18.8 Å². The quantitative estimate of drug-likeness (QED) is 0.451. The van der Waals surface area contributed by atoms with Crippen LogP contribution in [0.1, 0.15) is 30.9 Å². The molecule has 2 saturated heterocycles. The molecule has 2 heterocycles. The molecule has 2 fully saturated rings. The number of likely N-dealkylation sites (tertiary alicyclic amines) is 1. The number of halogens is 4. The summed E-state index contributed by atoms with van der Waals surface area (Å²) in [5.41, 5.74) is 0.654. The van der Waals surface area contributed by atoms with Crippen molar-refractivity contribution < 1.29 is 17.6 Å². The van der Waals surface area contributed by atoms with Gasteiger partial charge in [-0.1, -0.05) is 12.6 Å². The zero-order chi connectivity index (χ0) is 19.8. The Bertz CT molecular complexity index is 744. The van der Waals surface area contributed by atoms with Crippen LogP contribution in [0.4, 0.5) is 23.2 Å². The van der Waals surface area contributed by atoms with Gasteiger partial charge in [-0.25, -0.2) is 4.39 Å². The fourth-order valence-electron chi connectivity index (χ4n) is 4.00. The molecular weight excluding hydrogens is 357 g/mol. The van der Waals surface area contributed by atoms with Gasteiger partial charge < -0.3 is 9.71 Å². The summed E-state index contributed by atoms with van der Waals surface area (Å²) >= 11 is 0. The molecule has 0 amide bonds. The molecule has 0 unspecified atom stereocenters. The van der Waals surface area contributed by atoms with Crippen LogP contribution in [0.5, 0.6) is 0 Å². The molecule has 3 nitrogen and oxygen atoms in total. The van der Waals surface area contributed by atoms with E-state index in [2.05, 4.69) is 24.4 Å². The maximum absolute atomic E-state index is 15.0. The van der Waals surface area contributed by atoms with Gasteiger partial charge in [0.05, 0.1) is 17.7 Å². The molecule has 0 bridgehead atoms. The highest BCUT2D eigenvalue weighted by Gasteiger charge is 2.45. The number of piperidine rings is 1. The van der Waals surface area contributed by atoms with E-state index in [1.165, 1.54) is 12.3 Å². The van der Waals surface area contributed by atoms with Gasteiger partial charge in [0.15, 0.2) is 7.98 Å². The molecule has 1 aromatic carbocycles. The summed E-state index contributed by atoms with van der Waals surface area (Å²) in [6.07, 6.45) is -2.12. The number of benzene rings is 1. The Morgan fingerprint density at radius 3 is 2.48 bits per heavy atom. The van der Waals surface area contributed by atoms with Gasteiger partial charge in [-0.2, -0.15) is 13.2 Å². The maximum atomic E-state index is 15.0. The lowest BCUT2D eigenvalue weighted by atomic mass is 9.71. The Labute approximate surface area is 158 Å². The third-order valence-electron chi connectivity index (χ3n) is 5.63. The normalized spacial score (nSPS) is 20.3.